The van der Waals surface area contributed by atoms with Crippen LogP contribution in [0, 0.1) is 0 Å². The summed E-state index contributed by atoms with van der Waals surface area (Å²) in [4.78, 5) is 16.5. The Morgan fingerprint density at radius 2 is 2.10 bits per heavy atom. The largest absolute Gasteiger partial charge is 0.355 e. The summed E-state index contributed by atoms with van der Waals surface area (Å²) in [7, 11) is 2.10. The molecule has 1 aliphatic heterocycles. The highest BCUT2D eigenvalue weighted by molar-refractivity contribution is 5.78. The summed E-state index contributed by atoms with van der Waals surface area (Å²) in [6.07, 6.45) is 0.871. The molecule has 0 aliphatic carbocycles. The molecule has 1 unspecified atom stereocenters. The lowest BCUT2D eigenvalue weighted by Crippen LogP contribution is -2.57. The minimum Gasteiger partial charge on any atom is -0.355 e. The van der Waals surface area contributed by atoms with Gasteiger partial charge in [-0.05, 0) is 19.0 Å². The number of piperazine rings is 1. The van der Waals surface area contributed by atoms with E-state index in [2.05, 4.69) is 34.3 Å². The Kier molecular flexibility index (Phi) is 6.17. The van der Waals surface area contributed by atoms with Gasteiger partial charge in [-0.15, -0.1) is 0 Å². The second kappa shape index (κ2) is 8.12. The number of hydrogen-bond acceptors (Lipinski definition) is 4. The lowest BCUT2D eigenvalue weighted by Gasteiger charge is -2.39. The van der Waals surface area contributed by atoms with E-state index in [1.54, 1.807) is 0 Å². The zero-order chi connectivity index (χ0) is 15.1. The van der Waals surface area contributed by atoms with Crippen LogP contribution in [-0.4, -0.2) is 68.1 Å². The standard InChI is InChI=1S/C16H26N4O/c1-19-9-10-20(15(11-17)12-19)13-16(21)18-8-7-14-5-3-2-4-6-14/h2-6,15H,7-13,17H2,1H3,(H,18,21). The van der Waals surface area contributed by atoms with Crippen LogP contribution in [0.15, 0.2) is 30.3 Å². The van der Waals surface area contributed by atoms with Gasteiger partial charge in [-0.2, -0.15) is 0 Å². The molecule has 1 saturated heterocycles. The van der Waals surface area contributed by atoms with E-state index in [0.29, 0.717) is 19.6 Å². The number of nitrogens with one attached hydrogen (secondary N) is 1. The second-order valence-corrected chi connectivity index (χ2v) is 5.71. The molecule has 1 atom stereocenters. The first kappa shape index (κ1) is 15.9. The summed E-state index contributed by atoms with van der Waals surface area (Å²) in [5, 5.41) is 3.00. The number of amides is 1. The first-order chi connectivity index (χ1) is 10.2. The van der Waals surface area contributed by atoms with Crippen LogP contribution in [0.3, 0.4) is 0 Å². The Bertz CT molecular complexity index is 437. The number of carbonyl (C=O) groups excluding carboxylic acids is 1. The average molecular weight is 290 g/mol. The van der Waals surface area contributed by atoms with Crippen molar-refractivity contribution in [3.8, 4) is 0 Å². The molecule has 1 aromatic rings. The zero-order valence-corrected chi connectivity index (χ0v) is 12.8. The molecule has 21 heavy (non-hydrogen) atoms. The van der Waals surface area contributed by atoms with Crippen LogP contribution in [-0.2, 0) is 11.2 Å². The van der Waals surface area contributed by atoms with Crippen LogP contribution < -0.4 is 11.1 Å². The summed E-state index contributed by atoms with van der Waals surface area (Å²) in [5.41, 5.74) is 7.06. The average Bonchev–Trinajstić information content (AvgIpc) is 2.50. The van der Waals surface area contributed by atoms with E-state index in [4.69, 9.17) is 5.73 Å². The van der Waals surface area contributed by atoms with Gasteiger partial charge in [0.25, 0.3) is 0 Å². The van der Waals surface area contributed by atoms with E-state index in [0.717, 1.165) is 26.1 Å². The van der Waals surface area contributed by atoms with Gasteiger partial charge in [-0.1, -0.05) is 30.3 Å². The zero-order valence-electron chi connectivity index (χ0n) is 12.8. The van der Waals surface area contributed by atoms with Crippen LogP contribution in [0.2, 0.25) is 0 Å². The SMILES string of the molecule is CN1CCN(CC(=O)NCCc2ccccc2)C(CN)C1. The molecule has 0 aromatic heterocycles. The van der Waals surface area contributed by atoms with Gasteiger partial charge in [-0.25, -0.2) is 0 Å². The second-order valence-electron chi connectivity index (χ2n) is 5.71. The summed E-state index contributed by atoms with van der Waals surface area (Å²) in [6.45, 7) is 4.57. The van der Waals surface area contributed by atoms with Crippen molar-refractivity contribution in [3.63, 3.8) is 0 Å². The van der Waals surface area contributed by atoms with Gasteiger partial charge >= 0.3 is 0 Å². The number of hydrogen-bond donors (Lipinski definition) is 2. The third-order valence-electron chi connectivity index (χ3n) is 4.01. The molecule has 1 aliphatic rings. The van der Waals surface area contributed by atoms with Crippen molar-refractivity contribution in [1.82, 2.24) is 15.1 Å². The minimum absolute atomic E-state index is 0.0916. The fourth-order valence-electron chi connectivity index (χ4n) is 2.71. The van der Waals surface area contributed by atoms with Gasteiger partial charge in [0.05, 0.1) is 6.54 Å². The Labute approximate surface area is 127 Å². The first-order valence-corrected chi connectivity index (χ1v) is 7.62. The molecular formula is C16H26N4O. The molecule has 1 amide bonds. The number of benzene rings is 1. The lowest BCUT2D eigenvalue weighted by molar-refractivity contribution is -0.123. The predicted molar refractivity (Wildman–Crippen MR) is 85.1 cm³/mol. The smallest absolute Gasteiger partial charge is 0.234 e. The summed E-state index contributed by atoms with van der Waals surface area (Å²) < 4.78 is 0. The first-order valence-electron chi connectivity index (χ1n) is 7.62. The van der Waals surface area contributed by atoms with Crippen LogP contribution in [0.1, 0.15) is 5.56 Å². The third kappa shape index (κ3) is 5.12. The molecule has 5 nitrogen and oxygen atoms in total. The Hall–Kier alpha value is -1.43. The van der Waals surface area contributed by atoms with Crippen molar-refractivity contribution in [3.05, 3.63) is 35.9 Å². The van der Waals surface area contributed by atoms with Crippen molar-refractivity contribution in [1.29, 1.82) is 0 Å². The molecule has 116 valence electrons. The van der Waals surface area contributed by atoms with Crippen LogP contribution in [0.25, 0.3) is 0 Å². The van der Waals surface area contributed by atoms with Crippen molar-refractivity contribution in [2.45, 2.75) is 12.5 Å². The molecule has 0 spiro atoms. The third-order valence-corrected chi connectivity index (χ3v) is 4.01. The molecule has 3 N–H and O–H groups in total. The number of nitrogens with two attached hydrogens (primary N) is 1. The van der Waals surface area contributed by atoms with E-state index in [-0.39, 0.29) is 11.9 Å². The van der Waals surface area contributed by atoms with Crippen LogP contribution in [0.4, 0.5) is 0 Å². The maximum Gasteiger partial charge on any atom is 0.234 e. The van der Waals surface area contributed by atoms with Gasteiger partial charge in [0.2, 0.25) is 5.91 Å². The van der Waals surface area contributed by atoms with Gasteiger partial charge < -0.3 is 16.0 Å². The van der Waals surface area contributed by atoms with E-state index >= 15 is 0 Å². The highest BCUT2D eigenvalue weighted by atomic mass is 16.2. The van der Waals surface area contributed by atoms with Crippen molar-refractivity contribution < 1.29 is 4.79 Å². The Balaban J connectivity index is 1.71. The molecular weight excluding hydrogens is 264 g/mol. The molecule has 1 aromatic carbocycles. The summed E-state index contributed by atoms with van der Waals surface area (Å²) in [5.74, 6) is 0.0916. The molecule has 1 fully saturated rings. The van der Waals surface area contributed by atoms with Crippen LogP contribution in [0.5, 0.6) is 0 Å². The molecule has 2 rings (SSSR count). The fraction of sp³-hybridized carbons (Fsp3) is 0.562. The predicted octanol–water partition coefficient (Wildman–Crippen LogP) is -0.0800. The minimum atomic E-state index is 0.0916. The maximum atomic E-state index is 12.0. The van der Waals surface area contributed by atoms with Gasteiger partial charge in [0.1, 0.15) is 0 Å². The van der Waals surface area contributed by atoms with E-state index in [1.807, 2.05) is 18.2 Å². The van der Waals surface area contributed by atoms with Gasteiger partial charge in [0, 0.05) is 38.8 Å². The topological polar surface area (TPSA) is 61.6 Å². The van der Waals surface area contributed by atoms with Crippen molar-refractivity contribution >= 4 is 5.91 Å². The van der Waals surface area contributed by atoms with Crippen LogP contribution >= 0.6 is 0 Å². The van der Waals surface area contributed by atoms with E-state index in [1.165, 1.54) is 5.56 Å². The van der Waals surface area contributed by atoms with E-state index < -0.39 is 0 Å². The van der Waals surface area contributed by atoms with Gasteiger partial charge in [-0.3, -0.25) is 9.69 Å². The Morgan fingerprint density at radius 3 is 2.81 bits per heavy atom. The monoisotopic (exact) mass is 290 g/mol. The van der Waals surface area contributed by atoms with Crippen molar-refractivity contribution in [2.75, 3.05) is 46.3 Å². The lowest BCUT2D eigenvalue weighted by atomic mass is 10.1. The Morgan fingerprint density at radius 1 is 1.33 bits per heavy atom. The number of carbonyl (C=O) groups is 1. The van der Waals surface area contributed by atoms with Gasteiger partial charge in [0.15, 0.2) is 0 Å². The number of nitrogens with zero attached hydrogens (tertiary/aromatic N) is 2. The maximum absolute atomic E-state index is 12.0. The quantitative estimate of drug-likeness (QED) is 0.769. The van der Waals surface area contributed by atoms with Crippen molar-refractivity contribution in [2.24, 2.45) is 5.73 Å². The summed E-state index contributed by atoms with van der Waals surface area (Å²) >= 11 is 0. The molecule has 1 heterocycles. The summed E-state index contributed by atoms with van der Waals surface area (Å²) in [6, 6.07) is 10.5. The molecule has 0 radical (unpaired) electrons. The normalized spacial score (nSPS) is 20.4. The molecule has 5 heteroatoms. The number of likely N-dealkylation sites (N-methyl/N-ethyl adjacent to an activating group) is 1. The number of rotatable bonds is 6. The molecule has 0 saturated carbocycles. The fourth-order valence-corrected chi connectivity index (χ4v) is 2.71. The molecule has 0 bridgehead atoms. The van der Waals surface area contributed by atoms with E-state index in [9.17, 15) is 4.79 Å². The highest BCUT2D eigenvalue weighted by Gasteiger charge is 2.25. The highest BCUT2D eigenvalue weighted by Crippen LogP contribution is 2.06.